The van der Waals surface area contributed by atoms with Crippen molar-refractivity contribution in [2.24, 2.45) is 0 Å². The molecule has 0 aliphatic carbocycles. The predicted molar refractivity (Wildman–Crippen MR) is 65.6 cm³/mol. The maximum atomic E-state index is 10.6. The van der Waals surface area contributed by atoms with Crippen LogP contribution in [0.25, 0.3) is 0 Å². The highest BCUT2D eigenvalue weighted by Crippen LogP contribution is 2.25. The van der Waals surface area contributed by atoms with Crippen LogP contribution in [-0.4, -0.2) is 9.91 Å². The number of pyridine rings is 1. The quantitative estimate of drug-likeness (QED) is 0.669. The third kappa shape index (κ3) is 2.70. The molecule has 0 aliphatic rings. The molecule has 1 aromatic carbocycles. The van der Waals surface area contributed by atoms with Crippen molar-refractivity contribution in [1.82, 2.24) is 4.98 Å². The number of hydrogen-bond donors (Lipinski definition) is 1. The first-order valence-electron chi connectivity index (χ1n) is 4.79. The van der Waals surface area contributed by atoms with E-state index in [2.05, 4.69) is 10.3 Å². The Morgan fingerprint density at radius 1 is 1.29 bits per heavy atom. The van der Waals surface area contributed by atoms with Gasteiger partial charge < -0.3 is 5.32 Å². The Balaban J connectivity index is 2.28. The Morgan fingerprint density at radius 2 is 2.06 bits per heavy atom. The fourth-order valence-corrected chi connectivity index (χ4v) is 1.48. The van der Waals surface area contributed by atoms with Gasteiger partial charge in [-0.05, 0) is 12.1 Å². The molecule has 0 saturated heterocycles. The minimum atomic E-state index is -0.473. The molecule has 1 N–H and O–H groups in total. The van der Waals surface area contributed by atoms with Gasteiger partial charge in [-0.15, -0.1) is 0 Å². The number of nitrogens with one attached hydrogen (secondary N) is 1. The largest absolute Gasteiger partial charge is 0.339 e. The molecular weight excluding hydrogens is 242 g/mol. The van der Waals surface area contributed by atoms with Gasteiger partial charge in [0.2, 0.25) is 0 Å². The molecule has 1 heterocycles. The van der Waals surface area contributed by atoms with Crippen molar-refractivity contribution < 1.29 is 4.92 Å². The lowest BCUT2D eigenvalue weighted by atomic mass is 10.3. The number of benzene rings is 1. The van der Waals surface area contributed by atoms with Crippen molar-refractivity contribution in [2.75, 3.05) is 5.32 Å². The van der Waals surface area contributed by atoms with Gasteiger partial charge in [-0.2, -0.15) is 0 Å². The van der Waals surface area contributed by atoms with Gasteiger partial charge in [0.15, 0.2) is 0 Å². The van der Waals surface area contributed by atoms with E-state index in [1.807, 2.05) is 6.07 Å². The minimum absolute atomic E-state index is 0.0189. The van der Waals surface area contributed by atoms with E-state index in [9.17, 15) is 10.1 Å². The summed E-state index contributed by atoms with van der Waals surface area (Å²) in [6, 6.07) is 9.78. The lowest BCUT2D eigenvalue weighted by molar-refractivity contribution is -0.384. The van der Waals surface area contributed by atoms with E-state index < -0.39 is 4.92 Å². The van der Waals surface area contributed by atoms with Crippen molar-refractivity contribution in [3.05, 3.63) is 57.7 Å². The summed E-state index contributed by atoms with van der Waals surface area (Å²) in [6.07, 6.45) is 1.37. The van der Waals surface area contributed by atoms with Crippen LogP contribution in [0.2, 0.25) is 5.02 Å². The van der Waals surface area contributed by atoms with Crippen molar-refractivity contribution in [1.29, 1.82) is 0 Å². The number of nitro groups is 1. The van der Waals surface area contributed by atoms with Gasteiger partial charge in [0.1, 0.15) is 5.82 Å². The number of hydrogen-bond acceptors (Lipinski definition) is 4. The van der Waals surface area contributed by atoms with Crippen LogP contribution in [0.15, 0.2) is 42.6 Å². The molecule has 0 fully saturated rings. The first kappa shape index (κ1) is 11.3. The van der Waals surface area contributed by atoms with E-state index in [0.717, 1.165) is 0 Å². The average Bonchev–Trinajstić information content (AvgIpc) is 2.32. The second kappa shape index (κ2) is 4.80. The predicted octanol–water partition coefficient (Wildman–Crippen LogP) is 3.39. The van der Waals surface area contributed by atoms with Crippen LogP contribution < -0.4 is 5.32 Å². The summed E-state index contributed by atoms with van der Waals surface area (Å²) in [5.41, 5.74) is 0.636. The van der Waals surface area contributed by atoms with Crippen molar-refractivity contribution in [3.63, 3.8) is 0 Å². The Morgan fingerprint density at radius 3 is 2.76 bits per heavy atom. The number of rotatable bonds is 3. The molecule has 0 aliphatic heterocycles. The molecule has 0 radical (unpaired) electrons. The van der Waals surface area contributed by atoms with Gasteiger partial charge in [0, 0.05) is 12.3 Å². The third-order valence-corrected chi connectivity index (χ3v) is 2.42. The van der Waals surface area contributed by atoms with Crippen molar-refractivity contribution in [2.45, 2.75) is 0 Å². The van der Waals surface area contributed by atoms with Gasteiger partial charge in [0.05, 0.1) is 21.7 Å². The third-order valence-electron chi connectivity index (χ3n) is 2.09. The van der Waals surface area contributed by atoms with E-state index in [-0.39, 0.29) is 5.69 Å². The molecule has 2 aromatic rings. The maximum absolute atomic E-state index is 10.6. The first-order chi connectivity index (χ1) is 8.16. The van der Waals surface area contributed by atoms with Gasteiger partial charge >= 0.3 is 0 Å². The maximum Gasteiger partial charge on any atom is 0.274 e. The molecule has 2 rings (SSSR count). The Bertz CT molecular complexity index is 560. The van der Waals surface area contributed by atoms with E-state index in [1.165, 1.54) is 18.3 Å². The zero-order valence-corrected chi connectivity index (χ0v) is 9.39. The molecule has 6 heteroatoms. The van der Waals surface area contributed by atoms with Crippen LogP contribution in [0.5, 0.6) is 0 Å². The highest BCUT2D eigenvalue weighted by atomic mass is 35.5. The summed E-state index contributed by atoms with van der Waals surface area (Å²) >= 11 is 5.95. The van der Waals surface area contributed by atoms with Crippen LogP contribution in [0.3, 0.4) is 0 Å². The summed E-state index contributed by atoms with van der Waals surface area (Å²) in [7, 11) is 0. The number of nitrogens with zero attached hydrogens (tertiary/aromatic N) is 2. The Kier molecular flexibility index (Phi) is 3.20. The molecule has 17 heavy (non-hydrogen) atoms. The molecule has 0 atom stereocenters. The van der Waals surface area contributed by atoms with Gasteiger partial charge in [0.25, 0.3) is 5.69 Å². The normalized spacial score (nSPS) is 9.94. The number of aromatic nitrogens is 1. The molecule has 0 bridgehead atoms. The summed E-state index contributed by atoms with van der Waals surface area (Å²) in [5, 5.41) is 14.0. The molecular formula is C11H8ClN3O2. The number of anilines is 2. The van der Waals surface area contributed by atoms with Crippen LogP contribution in [0, 0.1) is 10.1 Å². The smallest absolute Gasteiger partial charge is 0.274 e. The molecule has 0 saturated carbocycles. The second-order valence-electron chi connectivity index (χ2n) is 3.26. The average molecular weight is 250 g/mol. The summed E-state index contributed by atoms with van der Waals surface area (Å²) in [4.78, 5) is 14.1. The number of halogens is 1. The van der Waals surface area contributed by atoms with Crippen LogP contribution in [0.1, 0.15) is 0 Å². The highest BCUT2D eigenvalue weighted by molar-refractivity contribution is 6.33. The molecule has 5 nitrogen and oxygen atoms in total. The van der Waals surface area contributed by atoms with E-state index in [4.69, 9.17) is 11.6 Å². The SMILES string of the molecule is O=[N+]([O-])c1ccnc(Nc2ccccc2Cl)c1. The first-order valence-corrected chi connectivity index (χ1v) is 5.16. The topological polar surface area (TPSA) is 68.1 Å². The van der Waals surface area contributed by atoms with Crippen LogP contribution in [-0.2, 0) is 0 Å². The van der Waals surface area contributed by atoms with Crippen molar-refractivity contribution >= 4 is 28.8 Å². The highest BCUT2D eigenvalue weighted by Gasteiger charge is 2.07. The molecule has 86 valence electrons. The van der Waals surface area contributed by atoms with Crippen LogP contribution in [0.4, 0.5) is 17.2 Å². The van der Waals surface area contributed by atoms with Crippen molar-refractivity contribution in [3.8, 4) is 0 Å². The molecule has 0 amide bonds. The standard InChI is InChI=1S/C11H8ClN3O2/c12-9-3-1-2-4-10(9)14-11-7-8(15(16)17)5-6-13-11/h1-7H,(H,13,14). The zero-order chi connectivity index (χ0) is 12.3. The van der Waals surface area contributed by atoms with Crippen LogP contribution >= 0.6 is 11.6 Å². The molecule has 0 unspecified atom stereocenters. The van der Waals surface area contributed by atoms with E-state index in [0.29, 0.717) is 16.5 Å². The lowest BCUT2D eigenvalue weighted by Gasteiger charge is -2.06. The monoisotopic (exact) mass is 249 g/mol. The lowest BCUT2D eigenvalue weighted by Crippen LogP contribution is -1.95. The Hall–Kier alpha value is -2.14. The fourth-order valence-electron chi connectivity index (χ4n) is 1.30. The zero-order valence-electron chi connectivity index (χ0n) is 8.63. The summed E-state index contributed by atoms with van der Waals surface area (Å²) < 4.78 is 0. The molecule has 1 aromatic heterocycles. The van der Waals surface area contributed by atoms with Gasteiger partial charge in [-0.25, -0.2) is 4.98 Å². The van der Waals surface area contributed by atoms with E-state index >= 15 is 0 Å². The minimum Gasteiger partial charge on any atom is -0.339 e. The van der Waals surface area contributed by atoms with Gasteiger partial charge in [-0.1, -0.05) is 23.7 Å². The summed E-state index contributed by atoms with van der Waals surface area (Å²) in [5.74, 6) is 0.382. The second-order valence-corrected chi connectivity index (χ2v) is 3.67. The Labute approximate surface area is 102 Å². The summed E-state index contributed by atoms with van der Waals surface area (Å²) in [6.45, 7) is 0. The molecule has 0 spiro atoms. The van der Waals surface area contributed by atoms with Gasteiger partial charge in [-0.3, -0.25) is 10.1 Å². The van der Waals surface area contributed by atoms with E-state index in [1.54, 1.807) is 18.2 Å². The number of para-hydroxylation sites is 1. The fraction of sp³-hybridized carbons (Fsp3) is 0.